The van der Waals surface area contributed by atoms with E-state index in [1.165, 1.54) is 29.7 Å². The summed E-state index contributed by atoms with van der Waals surface area (Å²) in [4.78, 5) is 2.65. The number of anilines is 1. The molecule has 2 heteroatoms. The lowest BCUT2D eigenvalue weighted by Crippen LogP contribution is -2.34. The van der Waals surface area contributed by atoms with Crippen molar-refractivity contribution in [1.82, 2.24) is 5.32 Å². The van der Waals surface area contributed by atoms with E-state index in [0.29, 0.717) is 12.0 Å². The predicted molar refractivity (Wildman–Crippen MR) is 92.4 cm³/mol. The first-order chi connectivity index (χ1) is 10.8. The second kappa shape index (κ2) is 5.77. The molecule has 1 fully saturated rings. The normalized spacial score (nSPS) is 23.8. The maximum atomic E-state index is 3.64. The van der Waals surface area contributed by atoms with Crippen molar-refractivity contribution >= 4 is 5.69 Å². The molecule has 2 heterocycles. The van der Waals surface area contributed by atoms with Crippen LogP contribution in [0.1, 0.15) is 35.4 Å². The van der Waals surface area contributed by atoms with Crippen molar-refractivity contribution in [2.24, 2.45) is 0 Å². The van der Waals surface area contributed by atoms with E-state index in [9.17, 15) is 0 Å². The molecular formula is C20H24N2. The third-order valence-electron chi connectivity index (χ3n) is 5.17. The molecule has 0 spiro atoms. The molecule has 1 saturated heterocycles. The molecule has 2 aliphatic rings. The Morgan fingerprint density at radius 3 is 2.86 bits per heavy atom. The molecule has 0 radical (unpaired) electrons. The number of nitrogens with zero attached hydrogens (tertiary/aromatic N) is 1. The number of nitrogens with one attached hydrogen (secondary N) is 1. The first kappa shape index (κ1) is 13.8. The fraction of sp³-hybridized carbons (Fsp3) is 0.400. The molecule has 2 aliphatic heterocycles. The number of fused-ring (bicyclic) bond motifs is 3. The van der Waals surface area contributed by atoms with Gasteiger partial charge in [-0.3, -0.25) is 0 Å². The topological polar surface area (TPSA) is 15.3 Å². The molecule has 2 unspecified atom stereocenters. The third-order valence-corrected chi connectivity index (χ3v) is 5.17. The van der Waals surface area contributed by atoms with Gasteiger partial charge in [-0.1, -0.05) is 48.0 Å². The lowest BCUT2D eigenvalue weighted by molar-refractivity contribution is 0.510. The molecular weight excluding hydrogens is 268 g/mol. The zero-order chi connectivity index (χ0) is 14.9. The van der Waals surface area contributed by atoms with Gasteiger partial charge in [0.25, 0.3) is 0 Å². The zero-order valence-electron chi connectivity index (χ0n) is 13.3. The van der Waals surface area contributed by atoms with Gasteiger partial charge in [0, 0.05) is 30.7 Å². The Labute approximate surface area is 133 Å². The fourth-order valence-electron chi connectivity index (χ4n) is 4.11. The maximum absolute atomic E-state index is 3.64. The summed E-state index contributed by atoms with van der Waals surface area (Å²) in [7, 11) is 0. The second-order valence-corrected chi connectivity index (χ2v) is 6.70. The minimum atomic E-state index is 0.640. The molecule has 2 aromatic rings. The molecule has 0 amide bonds. The van der Waals surface area contributed by atoms with Crippen LogP contribution in [-0.4, -0.2) is 19.1 Å². The van der Waals surface area contributed by atoms with E-state index < -0.39 is 0 Å². The molecule has 2 aromatic carbocycles. The molecule has 114 valence electrons. The first-order valence-corrected chi connectivity index (χ1v) is 8.45. The molecule has 0 bridgehead atoms. The summed E-state index contributed by atoms with van der Waals surface area (Å²) >= 11 is 0. The van der Waals surface area contributed by atoms with E-state index in [0.717, 1.165) is 19.6 Å². The fourth-order valence-corrected chi connectivity index (χ4v) is 4.11. The predicted octanol–water partition coefficient (Wildman–Crippen LogP) is 3.85. The average Bonchev–Trinajstić information content (AvgIpc) is 2.70. The highest BCUT2D eigenvalue weighted by molar-refractivity contribution is 5.63. The van der Waals surface area contributed by atoms with Gasteiger partial charge >= 0.3 is 0 Å². The minimum Gasteiger partial charge on any atom is -0.363 e. The van der Waals surface area contributed by atoms with Crippen molar-refractivity contribution in [2.45, 2.75) is 38.3 Å². The molecule has 2 nitrogen and oxygen atoms in total. The number of aryl methyl sites for hydroxylation is 1. The van der Waals surface area contributed by atoms with Crippen LogP contribution in [-0.2, 0) is 6.54 Å². The van der Waals surface area contributed by atoms with E-state index in [2.05, 4.69) is 65.7 Å². The van der Waals surface area contributed by atoms with Crippen LogP contribution >= 0.6 is 0 Å². The Morgan fingerprint density at radius 2 is 2.00 bits per heavy atom. The second-order valence-electron chi connectivity index (χ2n) is 6.70. The zero-order valence-corrected chi connectivity index (χ0v) is 13.3. The maximum Gasteiger partial charge on any atom is 0.0432 e. The van der Waals surface area contributed by atoms with Gasteiger partial charge in [-0.25, -0.2) is 0 Å². The van der Waals surface area contributed by atoms with Crippen LogP contribution in [0.15, 0.2) is 48.5 Å². The lowest BCUT2D eigenvalue weighted by Gasteiger charge is -2.29. The van der Waals surface area contributed by atoms with Gasteiger partial charge in [0.2, 0.25) is 0 Å². The quantitative estimate of drug-likeness (QED) is 0.904. The van der Waals surface area contributed by atoms with Crippen molar-refractivity contribution in [3.63, 3.8) is 0 Å². The van der Waals surface area contributed by atoms with Crippen LogP contribution in [0.2, 0.25) is 0 Å². The van der Waals surface area contributed by atoms with Gasteiger partial charge in [0.05, 0.1) is 0 Å². The Hall–Kier alpha value is -1.80. The molecule has 0 saturated carbocycles. The highest BCUT2D eigenvalue weighted by atomic mass is 15.2. The van der Waals surface area contributed by atoms with Crippen LogP contribution in [0.5, 0.6) is 0 Å². The van der Waals surface area contributed by atoms with Crippen LogP contribution in [0.3, 0.4) is 0 Å². The van der Waals surface area contributed by atoms with Gasteiger partial charge < -0.3 is 10.2 Å². The summed E-state index contributed by atoms with van der Waals surface area (Å²) < 4.78 is 0. The van der Waals surface area contributed by atoms with E-state index >= 15 is 0 Å². The van der Waals surface area contributed by atoms with E-state index in [4.69, 9.17) is 0 Å². The lowest BCUT2D eigenvalue weighted by atomic mass is 9.92. The van der Waals surface area contributed by atoms with Gasteiger partial charge in [0.1, 0.15) is 0 Å². The minimum absolute atomic E-state index is 0.640. The van der Waals surface area contributed by atoms with E-state index in [1.807, 2.05) is 0 Å². The number of hydrogen-bond donors (Lipinski definition) is 1. The van der Waals surface area contributed by atoms with Crippen molar-refractivity contribution in [3.05, 3.63) is 65.2 Å². The molecule has 4 rings (SSSR count). The molecule has 1 N–H and O–H groups in total. The van der Waals surface area contributed by atoms with Crippen LogP contribution < -0.4 is 10.2 Å². The van der Waals surface area contributed by atoms with Crippen molar-refractivity contribution < 1.29 is 0 Å². The van der Waals surface area contributed by atoms with Crippen LogP contribution in [0.25, 0.3) is 0 Å². The SMILES string of the molecule is Cc1ccc2c(c1)C1CNCCCC1N2Cc1ccccc1. The van der Waals surface area contributed by atoms with Gasteiger partial charge in [-0.05, 0) is 43.5 Å². The molecule has 0 aliphatic carbocycles. The standard InChI is InChI=1S/C20H24N2/c1-15-9-10-20-17(12-15)18-13-21-11-5-8-19(18)22(20)14-16-6-3-2-4-7-16/h2-4,6-7,9-10,12,18-19,21H,5,8,11,13-14H2,1H3. The van der Waals surface area contributed by atoms with Crippen molar-refractivity contribution in [2.75, 3.05) is 18.0 Å². The number of benzene rings is 2. The monoisotopic (exact) mass is 292 g/mol. The number of rotatable bonds is 2. The van der Waals surface area contributed by atoms with Crippen LogP contribution in [0, 0.1) is 6.92 Å². The van der Waals surface area contributed by atoms with Crippen LogP contribution in [0.4, 0.5) is 5.69 Å². The first-order valence-electron chi connectivity index (χ1n) is 8.45. The Morgan fingerprint density at radius 1 is 1.14 bits per heavy atom. The van der Waals surface area contributed by atoms with Gasteiger partial charge in [-0.2, -0.15) is 0 Å². The smallest absolute Gasteiger partial charge is 0.0432 e. The summed E-state index contributed by atoms with van der Waals surface area (Å²) in [5, 5.41) is 3.64. The molecule has 22 heavy (non-hydrogen) atoms. The highest BCUT2D eigenvalue weighted by Gasteiger charge is 2.38. The average molecular weight is 292 g/mol. The van der Waals surface area contributed by atoms with Crippen molar-refractivity contribution in [1.29, 1.82) is 0 Å². The summed E-state index contributed by atoms with van der Waals surface area (Å²) in [6.07, 6.45) is 2.57. The summed E-state index contributed by atoms with van der Waals surface area (Å²) in [6, 6.07) is 18.5. The molecule has 2 atom stereocenters. The summed E-state index contributed by atoms with van der Waals surface area (Å²) in [6.45, 7) is 5.51. The van der Waals surface area contributed by atoms with Gasteiger partial charge in [-0.15, -0.1) is 0 Å². The largest absolute Gasteiger partial charge is 0.363 e. The third kappa shape index (κ3) is 2.42. The van der Waals surface area contributed by atoms with Gasteiger partial charge in [0.15, 0.2) is 0 Å². The Kier molecular flexibility index (Phi) is 3.63. The summed E-state index contributed by atoms with van der Waals surface area (Å²) in [5.74, 6) is 0.640. The number of hydrogen-bond acceptors (Lipinski definition) is 2. The van der Waals surface area contributed by atoms with E-state index in [1.54, 1.807) is 5.56 Å². The Balaban J connectivity index is 1.72. The Bertz CT molecular complexity index is 650. The highest BCUT2D eigenvalue weighted by Crippen LogP contribution is 2.44. The van der Waals surface area contributed by atoms with E-state index in [-0.39, 0.29) is 0 Å². The van der Waals surface area contributed by atoms with Crippen molar-refractivity contribution in [3.8, 4) is 0 Å². The molecule has 0 aromatic heterocycles. The summed E-state index contributed by atoms with van der Waals surface area (Å²) in [5.41, 5.74) is 5.79.